The Morgan fingerprint density at radius 2 is 2.38 bits per heavy atom. The van der Waals surface area contributed by atoms with E-state index in [2.05, 4.69) is 4.98 Å². The van der Waals surface area contributed by atoms with E-state index in [4.69, 9.17) is 5.26 Å². The van der Waals surface area contributed by atoms with Crippen molar-refractivity contribution >= 4 is 5.78 Å². The van der Waals surface area contributed by atoms with Crippen molar-refractivity contribution < 1.29 is 4.79 Å². The molecule has 0 N–H and O–H groups in total. The summed E-state index contributed by atoms with van der Waals surface area (Å²) in [5, 5.41) is 8.75. The molecule has 0 atom stereocenters. The molecule has 0 saturated heterocycles. The van der Waals surface area contributed by atoms with Gasteiger partial charge < -0.3 is 9.13 Å². The molecule has 2 heterocycles. The van der Waals surface area contributed by atoms with E-state index in [1.165, 1.54) is 10.8 Å². The minimum Gasteiger partial charge on any atom is -0.357 e. The molecule has 0 aliphatic rings. The summed E-state index contributed by atoms with van der Waals surface area (Å²) in [6.45, 7) is 0.146. The van der Waals surface area contributed by atoms with Gasteiger partial charge in [-0.25, -0.2) is 4.98 Å². The van der Waals surface area contributed by atoms with Crippen molar-refractivity contribution in [2.24, 2.45) is 7.05 Å². The topological polar surface area (TPSA) is 63.6 Å². The van der Waals surface area contributed by atoms with Crippen LogP contribution in [0.5, 0.6) is 0 Å². The number of hydrogen-bond donors (Lipinski definition) is 0. The smallest absolute Gasteiger partial charge is 0.213 e. The highest BCUT2D eigenvalue weighted by atomic mass is 16.1. The maximum absolute atomic E-state index is 11.8. The molecule has 0 aliphatic heterocycles. The Labute approximate surface area is 92.6 Å². The lowest BCUT2D eigenvalue weighted by Crippen LogP contribution is -2.10. The molecule has 0 saturated carbocycles. The first-order valence-electron chi connectivity index (χ1n) is 4.77. The maximum atomic E-state index is 11.8. The van der Waals surface area contributed by atoms with E-state index in [0.29, 0.717) is 5.56 Å². The molecule has 0 amide bonds. The van der Waals surface area contributed by atoms with E-state index in [1.807, 2.05) is 23.9 Å². The first-order valence-corrected chi connectivity index (χ1v) is 4.77. The molecular formula is C11H10N4O. The number of nitriles is 1. The number of hydrogen-bond acceptors (Lipinski definition) is 3. The maximum Gasteiger partial charge on any atom is 0.213 e. The average molecular weight is 214 g/mol. The Morgan fingerprint density at radius 3 is 3.00 bits per heavy atom. The van der Waals surface area contributed by atoms with Crippen LogP contribution < -0.4 is 0 Å². The van der Waals surface area contributed by atoms with Crippen LogP contribution in [0.3, 0.4) is 0 Å². The molecule has 2 aromatic rings. The van der Waals surface area contributed by atoms with Crippen LogP contribution in [0.2, 0.25) is 0 Å². The van der Waals surface area contributed by atoms with Crippen LogP contribution in [0.15, 0.2) is 30.9 Å². The van der Waals surface area contributed by atoms with Gasteiger partial charge in [0, 0.05) is 37.4 Å². The fourth-order valence-electron chi connectivity index (χ4n) is 1.46. The quantitative estimate of drug-likeness (QED) is 0.715. The monoisotopic (exact) mass is 214 g/mol. The summed E-state index contributed by atoms with van der Waals surface area (Å²) < 4.78 is 3.35. The van der Waals surface area contributed by atoms with Crippen LogP contribution in [-0.2, 0) is 13.6 Å². The first-order chi connectivity index (χ1) is 7.70. The second-order valence-corrected chi connectivity index (χ2v) is 3.48. The fourth-order valence-corrected chi connectivity index (χ4v) is 1.46. The minimum absolute atomic E-state index is 0.0323. The van der Waals surface area contributed by atoms with Crippen LogP contribution in [0.1, 0.15) is 16.2 Å². The number of rotatable bonds is 3. The molecular weight excluding hydrogens is 204 g/mol. The van der Waals surface area contributed by atoms with Crippen molar-refractivity contribution in [2.75, 3.05) is 0 Å². The van der Waals surface area contributed by atoms with E-state index in [9.17, 15) is 4.79 Å². The standard InChI is InChI=1S/C11H10N4O/c1-14-4-2-9(7-14)10(16)8-15-5-3-13-11(15)6-12/h2-5,7H,8H2,1H3. The third kappa shape index (κ3) is 1.86. The summed E-state index contributed by atoms with van der Waals surface area (Å²) in [4.78, 5) is 15.7. The summed E-state index contributed by atoms with van der Waals surface area (Å²) in [5.41, 5.74) is 0.639. The lowest BCUT2D eigenvalue weighted by atomic mass is 10.2. The lowest BCUT2D eigenvalue weighted by molar-refractivity contribution is 0.0971. The predicted molar refractivity (Wildman–Crippen MR) is 56.7 cm³/mol. The normalized spacial score (nSPS) is 10.0. The highest BCUT2D eigenvalue weighted by molar-refractivity contribution is 5.95. The number of nitrogens with zero attached hydrogens (tertiary/aromatic N) is 4. The molecule has 5 nitrogen and oxygen atoms in total. The molecule has 0 spiro atoms. The highest BCUT2D eigenvalue weighted by Gasteiger charge is 2.10. The molecule has 80 valence electrons. The van der Waals surface area contributed by atoms with Gasteiger partial charge in [0.25, 0.3) is 0 Å². The number of carbonyl (C=O) groups excluding carboxylic acids is 1. The molecule has 0 bridgehead atoms. The fraction of sp³-hybridized carbons (Fsp3) is 0.182. The molecule has 0 fully saturated rings. The average Bonchev–Trinajstić information content (AvgIpc) is 2.86. The van der Waals surface area contributed by atoms with Gasteiger partial charge in [0.2, 0.25) is 5.82 Å². The van der Waals surface area contributed by atoms with Gasteiger partial charge in [-0.3, -0.25) is 4.79 Å². The Morgan fingerprint density at radius 1 is 1.56 bits per heavy atom. The van der Waals surface area contributed by atoms with Gasteiger partial charge in [0.15, 0.2) is 5.78 Å². The summed E-state index contributed by atoms with van der Waals surface area (Å²) in [7, 11) is 1.86. The van der Waals surface area contributed by atoms with Gasteiger partial charge in [-0.1, -0.05) is 0 Å². The lowest BCUT2D eigenvalue weighted by Gasteiger charge is -2.00. The number of ketones is 1. The minimum atomic E-state index is -0.0323. The molecule has 2 rings (SSSR count). The summed E-state index contributed by atoms with van der Waals surface area (Å²) in [5.74, 6) is 0.222. The Balaban J connectivity index is 2.17. The van der Waals surface area contributed by atoms with Crippen LogP contribution in [-0.4, -0.2) is 19.9 Å². The van der Waals surface area contributed by atoms with Crippen molar-refractivity contribution in [2.45, 2.75) is 6.54 Å². The van der Waals surface area contributed by atoms with E-state index < -0.39 is 0 Å². The van der Waals surface area contributed by atoms with Gasteiger partial charge in [0.1, 0.15) is 6.07 Å². The van der Waals surface area contributed by atoms with Crippen LogP contribution in [0, 0.1) is 11.3 Å². The van der Waals surface area contributed by atoms with Crippen molar-refractivity contribution in [1.29, 1.82) is 5.26 Å². The Hall–Kier alpha value is -2.35. The zero-order valence-electron chi connectivity index (χ0n) is 8.79. The van der Waals surface area contributed by atoms with Gasteiger partial charge >= 0.3 is 0 Å². The van der Waals surface area contributed by atoms with Gasteiger partial charge in [-0.15, -0.1) is 0 Å². The second-order valence-electron chi connectivity index (χ2n) is 3.48. The van der Waals surface area contributed by atoms with E-state index in [1.54, 1.807) is 18.5 Å². The number of aromatic nitrogens is 3. The highest BCUT2D eigenvalue weighted by Crippen LogP contribution is 2.04. The number of Topliss-reactive ketones (excluding diaryl/α,β-unsaturated/α-hetero) is 1. The number of aryl methyl sites for hydroxylation is 1. The van der Waals surface area contributed by atoms with Crippen LogP contribution >= 0.6 is 0 Å². The summed E-state index contributed by atoms with van der Waals surface area (Å²) >= 11 is 0. The molecule has 0 aromatic carbocycles. The van der Waals surface area contributed by atoms with Crippen molar-refractivity contribution in [3.05, 3.63) is 42.2 Å². The SMILES string of the molecule is Cn1ccc(C(=O)Cn2ccnc2C#N)c1. The van der Waals surface area contributed by atoms with Gasteiger partial charge in [-0.05, 0) is 6.07 Å². The van der Waals surface area contributed by atoms with Gasteiger partial charge in [0.05, 0.1) is 6.54 Å². The third-order valence-corrected chi connectivity index (χ3v) is 2.28. The molecule has 0 radical (unpaired) electrons. The van der Waals surface area contributed by atoms with Gasteiger partial charge in [-0.2, -0.15) is 5.26 Å². The molecule has 5 heteroatoms. The Bertz CT molecular complexity index is 559. The first kappa shape index (κ1) is 10.2. The molecule has 16 heavy (non-hydrogen) atoms. The zero-order valence-corrected chi connectivity index (χ0v) is 8.79. The second kappa shape index (κ2) is 4.03. The third-order valence-electron chi connectivity index (χ3n) is 2.28. The summed E-state index contributed by atoms with van der Waals surface area (Å²) in [6.07, 6.45) is 6.70. The molecule has 0 unspecified atom stereocenters. The van der Waals surface area contributed by atoms with Crippen LogP contribution in [0.25, 0.3) is 0 Å². The number of imidazole rings is 1. The predicted octanol–water partition coefficient (Wildman–Crippen LogP) is 0.976. The Kier molecular flexibility index (Phi) is 2.56. The molecule has 0 aliphatic carbocycles. The van der Waals surface area contributed by atoms with Crippen molar-refractivity contribution in [1.82, 2.24) is 14.1 Å². The van der Waals surface area contributed by atoms with E-state index in [0.717, 1.165) is 0 Å². The zero-order chi connectivity index (χ0) is 11.5. The van der Waals surface area contributed by atoms with E-state index >= 15 is 0 Å². The largest absolute Gasteiger partial charge is 0.357 e. The van der Waals surface area contributed by atoms with E-state index in [-0.39, 0.29) is 18.2 Å². The summed E-state index contributed by atoms with van der Waals surface area (Å²) in [6, 6.07) is 3.69. The van der Waals surface area contributed by atoms with Crippen molar-refractivity contribution in [3.63, 3.8) is 0 Å². The molecule has 2 aromatic heterocycles. The van der Waals surface area contributed by atoms with Crippen molar-refractivity contribution in [3.8, 4) is 6.07 Å². The number of carbonyl (C=O) groups is 1. The van der Waals surface area contributed by atoms with Crippen LogP contribution in [0.4, 0.5) is 0 Å².